The third kappa shape index (κ3) is 3.07. The van der Waals surface area contributed by atoms with Crippen LogP contribution in [0.2, 0.25) is 0 Å². The molecule has 1 aromatic rings. The smallest absolute Gasteiger partial charge is 0.340 e. The number of nitrogens with zero attached hydrogens (tertiary/aromatic N) is 2. The predicted octanol–water partition coefficient (Wildman–Crippen LogP) is 0.541. The molecule has 4 N–H and O–H groups in total. The number of methoxy groups -OCH3 is 1. The zero-order valence-electron chi connectivity index (χ0n) is 12.2. The van der Waals surface area contributed by atoms with Gasteiger partial charge in [0.2, 0.25) is 5.91 Å². The second-order valence-corrected chi connectivity index (χ2v) is 5.30. The van der Waals surface area contributed by atoms with Gasteiger partial charge >= 0.3 is 5.97 Å². The zero-order valence-corrected chi connectivity index (χ0v) is 12.2. The highest BCUT2D eigenvalue weighted by atomic mass is 16.5. The number of piperidine rings is 1. The summed E-state index contributed by atoms with van der Waals surface area (Å²) in [5.41, 5.74) is 11.7. The standard InChI is InChI=1S/C14H20N4O3/c1-8-3-4-9(13(16)19)7-18(8)12-5-10(14(20)21-2)11(15)6-17-12/h5-6,8-9H,3-4,7,15H2,1-2H3,(H2,16,19). The molecule has 0 aromatic carbocycles. The molecule has 0 radical (unpaired) electrons. The number of hydrogen-bond acceptors (Lipinski definition) is 6. The minimum Gasteiger partial charge on any atom is -0.465 e. The Morgan fingerprint density at radius 2 is 2.14 bits per heavy atom. The van der Waals surface area contributed by atoms with Gasteiger partial charge in [-0.15, -0.1) is 0 Å². The summed E-state index contributed by atoms with van der Waals surface area (Å²) in [5.74, 6) is -0.423. The maximum absolute atomic E-state index is 11.7. The molecule has 1 aliphatic heterocycles. The van der Waals surface area contributed by atoms with E-state index in [0.29, 0.717) is 12.4 Å². The summed E-state index contributed by atoms with van der Waals surface area (Å²) in [5, 5.41) is 0. The summed E-state index contributed by atoms with van der Waals surface area (Å²) in [6, 6.07) is 1.81. The van der Waals surface area contributed by atoms with Crippen LogP contribution in [0.3, 0.4) is 0 Å². The Labute approximate surface area is 123 Å². The van der Waals surface area contributed by atoms with Crippen LogP contribution in [0, 0.1) is 5.92 Å². The Hall–Kier alpha value is -2.31. The van der Waals surface area contributed by atoms with Crippen molar-refractivity contribution in [1.82, 2.24) is 4.98 Å². The summed E-state index contributed by atoms with van der Waals surface area (Å²) in [4.78, 5) is 29.3. The monoisotopic (exact) mass is 292 g/mol. The number of amides is 1. The van der Waals surface area contributed by atoms with Crippen LogP contribution >= 0.6 is 0 Å². The first-order valence-corrected chi connectivity index (χ1v) is 6.83. The number of aromatic nitrogens is 1. The SMILES string of the molecule is COC(=O)c1cc(N2CC(C(N)=O)CCC2C)ncc1N. The molecule has 1 aromatic heterocycles. The lowest BCUT2D eigenvalue weighted by molar-refractivity contribution is -0.122. The number of anilines is 2. The number of esters is 1. The van der Waals surface area contributed by atoms with Crippen molar-refractivity contribution in [3.8, 4) is 0 Å². The van der Waals surface area contributed by atoms with E-state index in [1.165, 1.54) is 13.3 Å². The molecule has 0 spiro atoms. The van der Waals surface area contributed by atoms with Crippen molar-refractivity contribution in [1.29, 1.82) is 0 Å². The lowest BCUT2D eigenvalue weighted by Gasteiger charge is -2.37. The van der Waals surface area contributed by atoms with Gasteiger partial charge in [0.05, 0.1) is 30.5 Å². The van der Waals surface area contributed by atoms with Gasteiger partial charge in [-0.2, -0.15) is 0 Å². The molecule has 7 nitrogen and oxygen atoms in total. The van der Waals surface area contributed by atoms with Gasteiger partial charge in [0.25, 0.3) is 0 Å². The summed E-state index contributed by atoms with van der Waals surface area (Å²) in [7, 11) is 1.30. The molecule has 21 heavy (non-hydrogen) atoms. The lowest BCUT2D eigenvalue weighted by Crippen LogP contribution is -2.46. The fraction of sp³-hybridized carbons (Fsp3) is 0.500. The number of nitrogen functional groups attached to an aromatic ring is 1. The molecule has 1 amide bonds. The molecular formula is C14H20N4O3. The highest BCUT2D eigenvalue weighted by molar-refractivity contribution is 5.95. The highest BCUT2D eigenvalue weighted by Gasteiger charge is 2.30. The van der Waals surface area contributed by atoms with E-state index in [4.69, 9.17) is 16.2 Å². The average molecular weight is 292 g/mol. The molecule has 2 atom stereocenters. The molecular weight excluding hydrogens is 272 g/mol. The van der Waals surface area contributed by atoms with E-state index in [0.717, 1.165) is 12.8 Å². The number of pyridine rings is 1. The van der Waals surface area contributed by atoms with Crippen molar-refractivity contribution >= 4 is 23.4 Å². The molecule has 0 aliphatic carbocycles. The first kappa shape index (κ1) is 15.1. The number of carbonyl (C=O) groups is 2. The number of carbonyl (C=O) groups excluding carboxylic acids is 2. The van der Waals surface area contributed by atoms with Crippen molar-refractivity contribution in [3.63, 3.8) is 0 Å². The second-order valence-electron chi connectivity index (χ2n) is 5.30. The second kappa shape index (κ2) is 5.99. The van der Waals surface area contributed by atoms with Crippen LogP contribution in [0.25, 0.3) is 0 Å². The topological polar surface area (TPSA) is 112 Å². The van der Waals surface area contributed by atoms with Gasteiger partial charge in [-0.1, -0.05) is 0 Å². The van der Waals surface area contributed by atoms with E-state index in [9.17, 15) is 9.59 Å². The fourth-order valence-electron chi connectivity index (χ4n) is 2.56. The van der Waals surface area contributed by atoms with E-state index in [-0.39, 0.29) is 29.1 Å². The third-order valence-electron chi connectivity index (χ3n) is 3.90. The van der Waals surface area contributed by atoms with Crippen LogP contribution < -0.4 is 16.4 Å². The zero-order chi connectivity index (χ0) is 15.6. The molecule has 0 saturated carbocycles. The predicted molar refractivity (Wildman–Crippen MR) is 78.7 cm³/mol. The number of primary amides is 1. The molecule has 2 heterocycles. The quantitative estimate of drug-likeness (QED) is 0.786. The average Bonchev–Trinajstić information content (AvgIpc) is 2.47. The summed E-state index contributed by atoms with van der Waals surface area (Å²) in [6.07, 6.45) is 3.04. The van der Waals surface area contributed by atoms with Gasteiger partial charge in [-0.05, 0) is 25.8 Å². The van der Waals surface area contributed by atoms with Crippen LogP contribution in [0.5, 0.6) is 0 Å². The largest absolute Gasteiger partial charge is 0.465 e. The van der Waals surface area contributed by atoms with Gasteiger partial charge in [-0.25, -0.2) is 9.78 Å². The van der Waals surface area contributed by atoms with Gasteiger partial charge in [0.15, 0.2) is 0 Å². The summed E-state index contributed by atoms with van der Waals surface area (Å²) in [6.45, 7) is 2.54. The van der Waals surface area contributed by atoms with Crippen molar-refractivity contribution in [2.75, 3.05) is 24.3 Å². The van der Waals surface area contributed by atoms with Gasteiger partial charge < -0.3 is 21.1 Å². The van der Waals surface area contributed by atoms with Crippen LogP contribution in [-0.2, 0) is 9.53 Å². The van der Waals surface area contributed by atoms with Gasteiger partial charge in [0, 0.05) is 12.6 Å². The van der Waals surface area contributed by atoms with Crippen LogP contribution in [0.4, 0.5) is 11.5 Å². The van der Waals surface area contributed by atoms with E-state index in [2.05, 4.69) is 4.98 Å². The Balaban J connectivity index is 2.31. The van der Waals surface area contributed by atoms with Crippen LogP contribution in [0.15, 0.2) is 12.3 Å². The minimum atomic E-state index is -0.507. The molecule has 1 saturated heterocycles. The third-order valence-corrected chi connectivity index (χ3v) is 3.90. The Bertz CT molecular complexity index is 561. The van der Waals surface area contributed by atoms with Crippen LogP contribution in [-0.4, -0.2) is 36.6 Å². The number of nitrogens with two attached hydrogens (primary N) is 2. The Morgan fingerprint density at radius 1 is 1.43 bits per heavy atom. The van der Waals surface area contributed by atoms with Gasteiger partial charge in [0.1, 0.15) is 5.82 Å². The first-order chi connectivity index (χ1) is 9.93. The maximum atomic E-state index is 11.7. The fourth-order valence-corrected chi connectivity index (χ4v) is 2.56. The number of ether oxygens (including phenoxy) is 1. The van der Waals surface area contributed by atoms with E-state index >= 15 is 0 Å². The first-order valence-electron chi connectivity index (χ1n) is 6.83. The Kier molecular flexibility index (Phi) is 4.30. The lowest BCUT2D eigenvalue weighted by atomic mass is 9.93. The van der Waals surface area contributed by atoms with E-state index < -0.39 is 5.97 Å². The van der Waals surface area contributed by atoms with Crippen molar-refractivity contribution in [3.05, 3.63) is 17.8 Å². The van der Waals surface area contributed by atoms with Crippen molar-refractivity contribution in [2.24, 2.45) is 11.7 Å². The van der Waals surface area contributed by atoms with Crippen molar-refractivity contribution in [2.45, 2.75) is 25.8 Å². The van der Waals surface area contributed by atoms with E-state index in [1.807, 2.05) is 11.8 Å². The molecule has 2 rings (SSSR count). The minimum absolute atomic E-state index is 0.206. The van der Waals surface area contributed by atoms with Crippen LogP contribution in [0.1, 0.15) is 30.1 Å². The van der Waals surface area contributed by atoms with Crippen molar-refractivity contribution < 1.29 is 14.3 Å². The highest BCUT2D eigenvalue weighted by Crippen LogP contribution is 2.28. The molecule has 2 unspecified atom stereocenters. The Morgan fingerprint density at radius 3 is 2.76 bits per heavy atom. The van der Waals surface area contributed by atoms with Gasteiger partial charge in [-0.3, -0.25) is 4.79 Å². The normalized spacial score (nSPS) is 21.9. The molecule has 0 bridgehead atoms. The molecule has 1 aliphatic rings. The maximum Gasteiger partial charge on any atom is 0.340 e. The molecule has 114 valence electrons. The number of hydrogen-bond donors (Lipinski definition) is 2. The van der Waals surface area contributed by atoms with E-state index in [1.54, 1.807) is 6.07 Å². The molecule has 1 fully saturated rings. The summed E-state index contributed by atoms with van der Waals surface area (Å²) < 4.78 is 4.71. The summed E-state index contributed by atoms with van der Waals surface area (Å²) >= 11 is 0. The number of rotatable bonds is 3. The molecule has 7 heteroatoms.